The lowest BCUT2D eigenvalue weighted by atomic mass is 10.2. The van der Waals surface area contributed by atoms with E-state index in [0.29, 0.717) is 16.4 Å². The lowest BCUT2D eigenvalue weighted by Crippen LogP contribution is -1.94. The Labute approximate surface area is 89.4 Å². The topological polar surface area (TPSA) is 72.6 Å². The van der Waals surface area contributed by atoms with Crippen LogP contribution in [0.3, 0.4) is 0 Å². The molecule has 0 saturated carbocycles. The third-order valence-corrected chi connectivity index (χ3v) is 2.85. The van der Waals surface area contributed by atoms with Gasteiger partial charge in [-0.3, -0.25) is 14.9 Å². The Hall–Kier alpha value is -1.69. The van der Waals surface area contributed by atoms with Crippen molar-refractivity contribution in [3.05, 3.63) is 39.9 Å². The van der Waals surface area contributed by atoms with Gasteiger partial charge in [-0.15, -0.1) is 0 Å². The molecule has 1 aromatic carbocycles. The average Bonchev–Trinajstić information content (AvgIpc) is 2.65. The zero-order chi connectivity index (χ0) is 10.8. The molecule has 0 radical (unpaired) electrons. The summed E-state index contributed by atoms with van der Waals surface area (Å²) in [5.74, 6) is 0.124. The van der Waals surface area contributed by atoms with E-state index in [0.717, 1.165) is 0 Å². The predicted molar refractivity (Wildman–Crippen MR) is 57.1 cm³/mol. The number of hydrogen-bond donors (Lipinski definition) is 0. The Balaban J connectivity index is 2.37. The van der Waals surface area contributed by atoms with Crippen LogP contribution in [0.4, 0.5) is 5.69 Å². The van der Waals surface area contributed by atoms with Crippen molar-refractivity contribution in [3.8, 4) is 0 Å². The first-order valence-electron chi connectivity index (χ1n) is 4.16. The highest BCUT2D eigenvalue weighted by molar-refractivity contribution is 8.15. The van der Waals surface area contributed by atoms with E-state index in [1.165, 1.54) is 23.9 Å². The van der Waals surface area contributed by atoms with Gasteiger partial charge in [-0.1, -0.05) is 23.9 Å². The molecule has 0 N–H and O–H groups in total. The molecule has 15 heavy (non-hydrogen) atoms. The van der Waals surface area contributed by atoms with Crippen LogP contribution in [0.1, 0.15) is 5.56 Å². The lowest BCUT2D eigenvalue weighted by Gasteiger charge is -1.97. The fourth-order valence-corrected chi connectivity index (χ4v) is 1.99. The predicted octanol–water partition coefficient (Wildman–Crippen LogP) is 1.61. The van der Waals surface area contributed by atoms with Gasteiger partial charge in [0.25, 0.3) is 11.6 Å². The molecular weight excluding hydrogens is 216 g/mol. The fraction of sp³-hybridized carbons (Fsp3) is 0.111. The number of nitrogens with zero attached hydrogens (tertiary/aromatic N) is 2. The van der Waals surface area contributed by atoms with E-state index in [1.807, 2.05) is 0 Å². The molecule has 6 heteroatoms. The highest BCUT2D eigenvalue weighted by Gasteiger charge is 2.18. The minimum atomic E-state index is -0.467. The van der Waals surface area contributed by atoms with Crippen LogP contribution in [0.2, 0.25) is 0 Å². The summed E-state index contributed by atoms with van der Waals surface area (Å²) in [5.41, 5.74) is 0.634. The monoisotopic (exact) mass is 222 g/mol. The summed E-state index contributed by atoms with van der Waals surface area (Å²) in [6, 6.07) is 6.12. The minimum Gasteiger partial charge on any atom is -0.272 e. The Bertz CT molecular complexity index is 470. The first kappa shape index (κ1) is 9.85. The normalized spacial score (nSPS) is 15.2. The van der Waals surface area contributed by atoms with E-state index in [9.17, 15) is 14.9 Å². The first-order valence-corrected chi connectivity index (χ1v) is 5.14. The average molecular weight is 222 g/mol. The molecule has 1 amide bonds. The van der Waals surface area contributed by atoms with E-state index >= 15 is 0 Å². The molecule has 76 valence electrons. The molecule has 1 aliphatic heterocycles. The van der Waals surface area contributed by atoms with Gasteiger partial charge < -0.3 is 0 Å². The Morgan fingerprint density at radius 2 is 2.27 bits per heavy atom. The highest BCUT2D eigenvalue weighted by Crippen LogP contribution is 2.22. The van der Waals surface area contributed by atoms with Crippen LogP contribution in [0.15, 0.2) is 29.3 Å². The number of hydrogen-bond acceptors (Lipinski definition) is 4. The summed E-state index contributed by atoms with van der Waals surface area (Å²) in [4.78, 5) is 24.7. The van der Waals surface area contributed by atoms with Crippen molar-refractivity contribution in [1.82, 2.24) is 0 Å². The number of nitro groups is 1. The van der Waals surface area contributed by atoms with Gasteiger partial charge in [0.15, 0.2) is 0 Å². The zero-order valence-electron chi connectivity index (χ0n) is 7.54. The number of amides is 1. The molecule has 1 heterocycles. The third-order valence-electron chi connectivity index (χ3n) is 1.86. The van der Waals surface area contributed by atoms with Gasteiger partial charge >= 0.3 is 0 Å². The van der Waals surface area contributed by atoms with Crippen LogP contribution < -0.4 is 0 Å². The molecule has 0 fully saturated rings. The van der Waals surface area contributed by atoms with Crippen molar-refractivity contribution in [2.24, 2.45) is 4.99 Å². The molecule has 2 rings (SSSR count). The second-order valence-electron chi connectivity index (χ2n) is 2.91. The van der Waals surface area contributed by atoms with Crippen LogP contribution in [0, 0.1) is 10.1 Å². The Morgan fingerprint density at radius 1 is 1.47 bits per heavy atom. The molecule has 0 unspecified atom stereocenters. The van der Waals surface area contributed by atoms with Crippen molar-refractivity contribution in [3.63, 3.8) is 0 Å². The van der Waals surface area contributed by atoms with Gasteiger partial charge in [0.05, 0.1) is 10.7 Å². The number of thioether (sulfide) groups is 1. The van der Waals surface area contributed by atoms with Gasteiger partial charge in [0.2, 0.25) is 0 Å². The van der Waals surface area contributed by atoms with Crippen molar-refractivity contribution in [1.29, 1.82) is 0 Å². The second-order valence-corrected chi connectivity index (χ2v) is 3.87. The van der Waals surface area contributed by atoms with Crippen LogP contribution in [-0.4, -0.2) is 21.6 Å². The molecule has 0 aromatic heterocycles. The van der Waals surface area contributed by atoms with Crippen molar-refractivity contribution >= 4 is 28.4 Å². The third kappa shape index (κ3) is 2.04. The quantitative estimate of drug-likeness (QED) is 0.563. The Morgan fingerprint density at radius 3 is 2.87 bits per heavy atom. The molecule has 0 spiro atoms. The minimum absolute atomic E-state index is 0.00940. The first-order chi connectivity index (χ1) is 7.16. The number of carbonyl (C=O) groups is 1. The van der Waals surface area contributed by atoms with Crippen molar-refractivity contribution < 1.29 is 9.72 Å². The SMILES string of the molecule is O=C1CSC(c2cccc([N+](=O)[O-])c2)=N1. The van der Waals surface area contributed by atoms with Gasteiger partial charge in [-0.25, -0.2) is 4.99 Å². The lowest BCUT2D eigenvalue weighted by molar-refractivity contribution is -0.384. The van der Waals surface area contributed by atoms with Crippen molar-refractivity contribution in [2.45, 2.75) is 0 Å². The number of non-ortho nitro benzene ring substituents is 1. The van der Waals surface area contributed by atoms with Gasteiger partial charge in [-0.2, -0.15) is 0 Å². The van der Waals surface area contributed by atoms with E-state index < -0.39 is 4.92 Å². The van der Waals surface area contributed by atoms with Gasteiger partial charge in [0.1, 0.15) is 5.04 Å². The van der Waals surface area contributed by atoms with E-state index in [4.69, 9.17) is 0 Å². The maximum Gasteiger partial charge on any atom is 0.270 e. The molecule has 1 aromatic rings. The molecule has 0 aliphatic carbocycles. The zero-order valence-corrected chi connectivity index (χ0v) is 8.36. The number of nitro benzene ring substituents is 1. The summed E-state index contributed by atoms with van der Waals surface area (Å²) >= 11 is 1.30. The van der Waals surface area contributed by atoms with Crippen LogP contribution in [-0.2, 0) is 4.79 Å². The number of carbonyl (C=O) groups excluding carboxylic acids is 1. The van der Waals surface area contributed by atoms with Crippen molar-refractivity contribution in [2.75, 3.05) is 5.75 Å². The van der Waals surface area contributed by atoms with E-state index in [2.05, 4.69) is 4.99 Å². The van der Waals surface area contributed by atoms with Crippen LogP contribution in [0.25, 0.3) is 0 Å². The standard InChI is InChI=1S/C9H6N2O3S/c12-8-5-15-9(10-8)6-2-1-3-7(4-6)11(13)14/h1-4H,5H2. The highest BCUT2D eigenvalue weighted by atomic mass is 32.2. The molecular formula is C9H6N2O3S. The second kappa shape index (κ2) is 3.82. The van der Waals surface area contributed by atoms with E-state index in [1.54, 1.807) is 12.1 Å². The summed E-state index contributed by atoms with van der Waals surface area (Å²) in [7, 11) is 0. The smallest absolute Gasteiger partial charge is 0.270 e. The fourth-order valence-electron chi connectivity index (χ4n) is 1.21. The number of aliphatic imine (C=N–C) groups is 1. The number of benzene rings is 1. The van der Waals surface area contributed by atoms with Gasteiger partial charge in [-0.05, 0) is 0 Å². The Kier molecular flexibility index (Phi) is 2.51. The summed E-state index contributed by atoms with van der Waals surface area (Å²) in [5, 5.41) is 11.1. The molecule has 0 saturated heterocycles. The number of rotatable bonds is 2. The maximum atomic E-state index is 10.9. The molecule has 5 nitrogen and oxygen atoms in total. The molecule has 0 bridgehead atoms. The molecule has 1 aliphatic rings. The van der Waals surface area contributed by atoms with E-state index in [-0.39, 0.29) is 11.6 Å². The largest absolute Gasteiger partial charge is 0.272 e. The van der Waals surface area contributed by atoms with Crippen LogP contribution in [0.5, 0.6) is 0 Å². The van der Waals surface area contributed by atoms with Crippen LogP contribution >= 0.6 is 11.8 Å². The summed E-state index contributed by atoms with van der Waals surface area (Å²) < 4.78 is 0. The summed E-state index contributed by atoms with van der Waals surface area (Å²) in [6.07, 6.45) is 0. The summed E-state index contributed by atoms with van der Waals surface area (Å²) in [6.45, 7) is 0. The maximum absolute atomic E-state index is 10.9. The van der Waals surface area contributed by atoms with Gasteiger partial charge in [0, 0.05) is 17.7 Å². The molecule has 0 atom stereocenters.